The second-order valence-corrected chi connectivity index (χ2v) is 4.84. The Kier molecular flexibility index (Phi) is 4.42. The van der Waals surface area contributed by atoms with Gasteiger partial charge in [0.15, 0.2) is 0 Å². The highest BCUT2D eigenvalue weighted by Gasteiger charge is 2.20. The van der Waals surface area contributed by atoms with Gasteiger partial charge in [0.2, 0.25) is 0 Å². The molecule has 0 aromatic carbocycles. The minimum Gasteiger partial charge on any atom is -0.370 e. The number of anilines is 1. The van der Waals surface area contributed by atoms with Crippen molar-refractivity contribution < 1.29 is 4.79 Å². The van der Waals surface area contributed by atoms with E-state index in [1.165, 1.54) is 12.6 Å². The summed E-state index contributed by atoms with van der Waals surface area (Å²) in [5, 5.41) is 3.52. The molecule has 4 nitrogen and oxygen atoms in total. The zero-order chi connectivity index (χ0) is 13.0. The first kappa shape index (κ1) is 13.1. The van der Waals surface area contributed by atoms with Crippen molar-refractivity contribution in [3.63, 3.8) is 0 Å². The Morgan fingerprint density at radius 1 is 1.44 bits per heavy atom. The van der Waals surface area contributed by atoms with Crippen molar-refractivity contribution in [3.8, 4) is 0 Å². The summed E-state index contributed by atoms with van der Waals surface area (Å²) in [6.45, 7) is 4.41. The smallest absolute Gasteiger partial charge is 0.255 e. The van der Waals surface area contributed by atoms with E-state index in [2.05, 4.69) is 10.3 Å². The third-order valence-corrected chi connectivity index (χ3v) is 3.39. The third-order valence-electron chi connectivity index (χ3n) is 3.09. The molecule has 0 unspecified atom stereocenters. The molecule has 5 heteroatoms. The van der Waals surface area contributed by atoms with Gasteiger partial charge < -0.3 is 10.2 Å². The predicted molar refractivity (Wildman–Crippen MR) is 73.2 cm³/mol. The SMILES string of the molecule is CCNc1cc(C(=O)N2CCCCC2)c(Cl)cn1. The van der Waals surface area contributed by atoms with Gasteiger partial charge in [0, 0.05) is 25.8 Å². The molecule has 2 heterocycles. The van der Waals surface area contributed by atoms with Crippen LogP contribution in [0, 0.1) is 0 Å². The Hall–Kier alpha value is -1.29. The van der Waals surface area contributed by atoms with Crippen LogP contribution in [0.25, 0.3) is 0 Å². The van der Waals surface area contributed by atoms with Crippen LogP contribution in [-0.2, 0) is 0 Å². The number of carbonyl (C=O) groups is 1. The summed E-state index contributed by atoms with van der Waals surface area (Å²) in [7, 11) is 0. The van der Waals surface area contributed by atoms with Crippen LogP contribution in [0.5, 0.6) is 0 Å². The topological polar surface area (TPSA) is 45.2 Å². The van der Waals surface area contributed by atoms with E-state index in [9.17, 15) is 4.79 Å². The number of nitrogens with one attached hydrogen (secondary N) is 1. The molecule has 0 radical (unpaired) electrons. The molecule has 1 fully saturated rings. The van der Waals surface area contributed by atoms with Gasteiger partial charge in [-0.15, -0.1) is 0 Å². The quantitative estimate of drug-likeness (QED) is 0.916. The molecule has 1 amide bonds. The summed E-state index contributed by atoms with van der Waals surface area (Å²) in [5.74, 6) is 0.712. The average Bonchev–Trinajstić information content (AvgIpc) is 2.41. The number of hydrogen-bond donors (Lipinski definition) is 1. The number of pyridine rings is 1. The Balaban J connectivity index is 2.19. The second-order valence-electron chi connectivity index (χ2n) is 4.43. The number of likely N-dealkylation sites (tertiary alicyclic amines) is 1. The summed E-state index contributed by atoms with van der Waals surface area (Å²) in [6.07, 6.45) is 4.90. The van der Waals surface area contributed by atoms with E-state index in [-0.39, 0.29) is 5.91 Å². The first-order valence-electron chi connectivity index (χ1n) is 6.41. The zero-order valence-electron chi connectivity index (χ0n) is 10.6. The van der Waals surface area contributed by atoms with Crippen molar-refractivity contribution in [3.05, 3.63) is 22.8 Å². The zero-order valence-corrected chi connectivity index (χ0v) is 11.3. The fraction of sp³-hybridized carbons (Fsp3) is 0.538. The van der Waals surface area contributed by atoms with Crippen LogP contribution < -0.4 is 5.32 Å². The fourth-order valence-electron chi connectivity index (χ4n) is 2.15. The Labute approximate surface area is 112 Å². The molecule has 18 heavy (non-hydrogen) atoms. The molecule has 1 aliphatic heterocycles. The molecule has 0 bridgehead atoms. The number of amides is 1. The van der Waals surface area contributed by atoms with Crippen LogP contribution in [0.15, 0.2) is 12.3 Å². The number of aromatic nitrogens is 1. The fourth-order valence-corrected chi connectivity index (χ4v) is 2.33. The standard InChI is InChI=1S/C13H18ClN3O/c1-2-15-12-8-10(11(14)9-16-12)13(18)17-6-4-3-5-7-17/h8-9H,2-7H2,1H3,(H,15,16). The lowest BCUT2D eigenvalue weighted by Gasteiger charge is -2.27. The first-order valence-corrected chi connectivity index (χ1v) is 6.79. The average molecular weight is 268 g/mol. The van der Waals surface area contributed by atoms with Gasteiger partial charge in [-0.1, -0.05) is 11.6 Å². The van der Waals surface area contributed by atoms with Gasteiger partial charge in [-0.05, 0) is 32.3 Å². The summed E-state index contributed by atoms with van der Waals surface area (Å²) in [5.41, 5.74) is 0.546. The molecule has 0 saturated carbocycles. The van der Waals surface area contributed by atoms with E-state index in [4.69, 9.17) is 11.6 Å². The third kappa shape index (κ3) is 2.93. The van der Waals surface area contributed by atoms with Crippen LogP contribution in [0.1, 0.15) is 36.5 Å². The van der Waals surface area contributed by atoms with E-state index in [1.807, 2.05) is 11.8 Å². The maximum atomic E-state index is 12.4. The largest absolute Gasteiger partial charge is 0.370 e. The maximum Gasteiger partial charge on any atom is 0.255 e. The molecule has 1 aromatic heterocycles. The first-order chi connectivity index (χ1) is 8.72. The van der Waals surface area contributed by atoms with E-state index in [0.717, 1.165) is 32.5 Å². The van der Waals surface area contributed by atoms with Crippen molar-refractivity contribution in [2.75, 3.05) is 25.0 Å². The molecule has 1 N–H and O–H groups in total. The molecule has 2 rings (SSSR count). The molecule has 0 spiro atoms. The Morgan fingerprint density at radius 2 is 2.17 bits per heavy atom. The van der Waals surface area contributed by atoms with E-state index in [0.29, 0.717) is 16.4 Å². The Morgan fingerprint density at radius 3 is 2.83 bits per heavy atom. The summed E-state index contributed by atoms with van der Waals surface area (Å²) in [4.78, 5) is 18.4. The second kappa shape index (κ2) is 6.05. The predicted octanol–water partition coefficient (Wildman–Crippen LogP) is 2.79. The van der Waals surface area contributed by atoms with Gasteiger partial charge in [0.1, 0.15) is 5.82 Å². The summed E-state index contributed by atoms with van der Waals surface area (Å²) in [6, 6.07) is 1.74. The molecule has 1 aliphatic rings. The molecular weight excluding hydrogens is 250 g/mol. The van der Waals surface area contributed by atoms with Crippen molar-refractivity contribution in [2.24, 2.45) is 0 Å². The normalized spacial score (nSPS) is 15.6. The highest BCUT2D eigenvalue weighted by molar-refractivity contribution is 6.33. The summed E-state index contributed by atoms with van der Waals surface area (Å²) < 4.78 is 0. The van der Waals surface area contributed by atoms with Crippen LogP contribution >= 0.6 is 11.6 Å². The lowest BCUT2D eigenvalue weighted by atomic mass is 10.1. The van der Waals surface area contributed by atoms with E-state index >= 15 is 0 Å². The van der Waals surface area contributed by atoms with Crippen molar-refractivity contribution in [1.82, 2.24) is 9.88 Å². The molecule has 1 aromatic rings. The van der Waals surface area contributed by atoms with Crippen LogP contribution in [-0.4, -0.2) is 35.4 Å². The maximum absolute atomic E-state index is 12.4. The van der Waals surface area contributed by atoms with Gasteiger partial charge in [0.25, 0.3) is 5.91 Å². The summed E-state index contributed by atoms with van der Waals surface area (Å²) >= 11 is 6.07. The molecular formula is C13H18ClN3O. The Bertz CT molecular complexity index is 430. The van der Waals surface area contributed by atoms with E-state index < -0.39 is 0 Å². The number of piperidine rings is 1. The van der Waals surface area contributed by atoms with Crippen molar-refractivity contribution >= 4 is 23.3 Å². The molecule has 0 atom stereocenters. The molecule has 1 saturated heterocycles. The highest BCUT2D eigenvalue weighted by atomic mass is 35.5. The van der Waals surface area contributed by atoms with Crippen LogP contribution in [0.3, 0.4) is 0 Å². The monoisotopic (exact) mass is 267 g/mol. The van der Waals surface area contributed by atoms with E-state index in [1.54, 1.807) is 6.07 Å². The number of hydrogen-bond acceptors (Lipinski definition) is 3. The van der Waals surface area contributed by atoms with Crippen LogP contribution in [0.4, 0.5) is 5.82 Å². The lowest BCUT2D eigenvalue weighted by Crippen LogP contribution is -2.35. The number of nitrogens with zero attached hydrogens (tertiary/aromatic N) is 2. The van der Waals surface area contributed by atoms with Crippen molar-refractivity contribution in [2.45, 2.75) is 26.2 Å². The van der Waals surface area contributed by atoms with Crippen molar-refractivity contribution in [1.29, 1.82) is 0 Å². The lowest BCUT2D eigenvalue weighted by molar-refractivity contribution is 0.0724. The molecule has 0 aliphatic carbocycles. The highest BCUT2D eigenvalue weighted by Crippen LogP contribution is 2.21. The number of halogens is 1. The minimum atomic E-state index is 0.0150. The van der Waals surface area contributed by atoms with Gasteiger partial charge in [-0.25, -0.2) is 4.98 Å². The van der Waals surface area contributed by atoms with Gasteiger partial charge >= 0.3 is 0 Å². The van der Waals surface area contributed by atoms with Gasteiger partial charge in [0.05, 0.1) is 10.6 Å². The van der Waals surface area contributed by atoms with Crippen LogP contribution in [0.2, 0.25) is 5.02 Å². The minimum absolute atomic E-state index is 0.0150. The van der Waals surface area contributed by atoms with Gasteiger partial charge in [-0.2, -0.15) is 0 Å². The molecule has 98 valence electrons. The number of rotatable bonds is 3. The number of carbonyl (C=O) groups excluding carboxylic acids is 1. The van der Waals surface area contributed by atoms with Gasteiger partial charge in [-0.3, -0.25) is 4.79 Å².